The maximum absolute atomic E-state index is 11.1. The summed E-state index contributed by atoms with van der Waals surface area (Å²) in [5, 5.41) is 9.01. The van der Waals surface area contributed by atoms with Crippen LogP contribution in [0, 0.1) is 0 Å². The summed E-state index contributed by atoms with van der Waals surface area (Å²) >= 11 is 0. The van der Waals surface area contributed by atoms with Gasteiger partial charge in [0.15, 0.2) is 0 Å². The number of hydrogen-bond acceptors (Lipinski definition) is 2. The van der Waals surface area contributed by atoms with Crippen LogP contribution in [0.5, 0.6) is 0 Å². The van der Waals surface area contributed by atoms with Gasteiger partial charge in [-0.15, -0.1) is 0 Å². The van der Waals surface area contributed by atoms with E-state index in [1.807, 2.05) is 18.2 Å². The van der Waals surface area contributed by atoms with E-state index in [4.69, 9.17) is 5.11 Å². The summed E-state index contributed by atoms with van der Waals surface area (Å²) in [6.45, 7) is 1.45. The fourth-order valence-electron chi connectivity index (χ4n) is 1.14. The van der Waals surface area contributed by atoms with Crippen molar-refractivity contribution >= 4 is 11.6 Å². The van der Waals surface area contributed by atoms with Crippen molar-refractivity contribution in [1.82, 2.24) is 0 Å². The highest BCUT2D eigenvalue weighted by molar-refractivity contribution is 5.91. The minimum absolute atomic E-state index is 0.0408. The van der Waals surface area contributed by atoms with E-state index in [1.165, 1.54) is 11.8 Å². The largest absolute Gasteiger partial charge is 0.392 e. The summed E-state index contributed by atoms with van der Waals surface area (Å²) in [4.78, 5) is 12.6. The molecular formula is C10H13NO2. The van der Waals surface area contributed by atoms with Crippen molar-refractivity contribution in [3.8, 4) is 0 Å². The molecule has 0 radical (unpaired) electrons. The first-order valence-electron chi connectivity index (χ1n) is 4.10. The van der Waals surface area contributed by atoms with E-state index in [0.29, 0.717) is 0 Å². The van der Waals surface area contributed by atoms with E-state index in [1.54, 1.807) is 13.1 Å². The third-order valence-electron chi connectivity index (χ3n) is 2.00. The zero-order valence-electron chi connectivity index (χ0n) is 7.82. The SMILES string of the molecule is CC(=O)N(C)c1ccccc1CO. The van der Waals surface area contributed by atoms with Crippen LogP contribution in [0.4, 0.5) is 5.69 Å². The summed E-state index contributed by atoms with van der Waals surface area (Å²) in [5.74, 6) is -0.0408. The molecule has 0 aliphatic rings. The van der Waals surface area contributed by atoms with Gasteiger partial charge < -0.3 is 10.0 Å². The Balaban J connectivity index is 3.05. The Morgan fingerprint density at radius 2 is 2.08 bits per heavy atom. The maximum Gasteiger partial charge on any atom is 0.223 e. The Hall–Kier alpha value is -1.35. The van der Waals surface area contributed by atoms with Crippen LogP contribution in [0.1, 0.15) is 12.5 Å². The fraction of sp³-hybridized carbons (Fsp3) is 0.300. The van der Waals surface area contributed by atoms with E-state index >= 15 is 0 Å². The first-order valence-corrected chi connectivity index (χ1v) is 4.10. The lowest BCUT2D eigenvalue weighted by molar-refractivity contribution is -0.116. The Morgan fingerprint density at radius 3 is 2.62 bits per heavy atom. The van der Waals surface area contributed by atoms with Crippen LogP contribution in [0.15, 0.2) is 24.3 Å². The highest BCUT2D eigenvalue weighted by Crippen LogP contribution is 2.18. The van der Waals surface area contributed by atoms with Gasteiger partial charge >= 0.3 is 0 Å². The molecule has 1 N–H and O–H groups in total. The molecule has 0 aliphatic heterocycles. The predicted molar refractivity (Wildman–Crippen MR) is 51.4 cm³/mol. The summed E-state index contributed by atoms with van der Waals surface area (Å²) in [7, 11) is 1.69. The molecule has 3 heteroatoms. The van der Waals surface area contributed by atoms with Gasteiger partial charge in [0.25, 0.3) is 0 Å². The van der Waals surface area contributed by atoms with Crippen molar-refractivity contribution in [2.45, 2.75) is 13.5 Å². The molecular weight excluding hydrogens is 166 g/mol. The van der Waals surface area contributed by atoms with Crippen molar-refractivity contribution in [2.24, 2.45) is 0 Å². The summed E-state index contributed by atoms with van der Waals surface area (Å²) < 4.78 is 0. The van der Waals surface area contributed by atoms with Gasteiger partial charge in [0.1, 0.15) is 0 Å². The lowest BCUT2D eigenvalue weighted by atomic mass is 10.2. The number of hydrogen-bond donors (Lipinski definition) is 1. The predicted octanol–water partition coefficient (Wildman–Crippen LogP) is 1.16. The van der Waals surface area contributed by atoms with Gasteiger partial charge in [-0.3, -0.25) is 4.79 Å². The second-order valence-electron chi connectivity index (χ2n) is 2.86. The number of aliphatic hydroxyl groups excluding tert-OH is 1. The third kappa shape index (κ3) is 2.06. The minimum atomic E-state index is -0.0478. The molecule has 3 nitrogen and oxygen atoms in total. The van der Waals surface area contributed by atoms with E-state index in [9.17, 15) is 4.79 Å². The lowest BCUT2D eigenvalue weighted by Crippen LogP contribution is -2.23. The molecule has 0 unspecified atom stereocenters. The number of nitrogens with zero attached hydrogens (tertiary/aromatic N) is 1. The van der Waals surface area contributed by atoms with Crippen LogP contribution in [-0.2, 0) is 11.4 Å². The zero-order chi connectivity index (χ0) is 9.84. The number of carbonyl (C=O) groups is 1. The zero-order valence-corrected chi connectivity index (χ0v) is 7.82. The number of benzene rings is 1. The van der Waals surface area contributed by atoms with Gasteiger partial charge in [-0.2, -0.15) is 0 Å². The fourth-order valence-corrected chi connectivity index (χ4v) is 1.14. The second-order valence-corrected chi connectivity index (χ2v) is 2.86. The Bertz CT molecular complexity index is 310. The summed E-state index contributed by atoms with van der Waals surface area (Å²) in [6, 6.07) is 7.29. The van der Waals surface area contributed by atoms with Crippen molar-refractivity contribution in [1.29, 1.82) is 0 Å². The molecule has 1 amide bonds. The average Bonchev–Trinajstić information content (AvgIpc) is 2.16. The standard InChI is InChI=1S/C10H13NO2/c1-8(13)11(2)10-6-4-3-5-9(10)7-12/h3-6,12H,7H2,1-2H3. The molecule has 0 fully saturated rings. The van der Waals surface area contributed by atoms with Crippen LogP contribution in [-0.4, -0.2) is 18.1 Å². The molecule has 0 aromatic heterocycles. The van der Waals surface area contributed by atoms with Gasteiger partial charge in [-0.25, -0.2) is 0 Å². The topological polar surface area (TPSA) is 40.5 Å². The van der Waals surface area contributed by atoms with Gasteiger partial charge in [-0.05, 0) is 6.07 Å². The second kappa shape index (κ2) is 4.05. The third-order valence-corrected chi connectivity index (χ3v) is 2.00. The first kappa shape index (κ1) is 9.74. The van der Waals surface area contributed by atoms with Crippen LogP contribution < -0.4 is 4.90 Å². The van der Waals surface area contributed by atoms with Crippen LogP contribution in [0.3, 0.4) is 0 Å². The molecule has 1 aromatic carbocycles. The van der Waals surface area contributed by atoms with Crippen molar-refractivity contribution in [3.63, 3.8) is 0 Å². The molecule has 0 aliphatic carbocycles. The van der Waals surface area contributed by atoms with Gasteiger partial charge in [0.05, 0.1) is 6.61 Å². The minimum Gasteiger partial charge on any atom is -0.392 e. The number of amides is 1. The van der Waals surface area contributed by atoms with Crippen LogP contribution >= 0.6 is 0 Å². The average molecular weight is 179 g/mol. The lowest BCUT2D eigenvalue weighted by Gasteiger charge is -2.17. The van der Waals surface area contributed by atoms with Crippen LogP contribution in [0.2, 0.25) is 0 Å². The number of anilines is 1. The van der Waals surface area contributed by atoms with Crippen molar-refractivity contribution < 1.29 is 9.90 Å². The normalized spacial score (nSPS) is 9.77. The molecule has 1 aromatic rings. The molecule has 70 valence electrons. The summed E-state index contributed by atoms with van der Waals surface area (Å²) in [5.41, 5.74) is 1.53. The molecule has 0 bridgehead atoms. The molecule has 1 rings (SSSR count). The molecule has 0 spiro atoms. The molecule has 0 heterocycles. The molecule has 13 heavy (non-hydrogen) atoms. The highest BCUT2D eigenvalue weighted by Gasteiger charge is 2.08. The van der Waals surface area contributed by atoms with Gasteiger partial charge in [-0.1, -0.05) is 18.2 Å². The quantitative estimate of drug-likeness (QED) is 0.740. The number of carbonyl (C=O) groups excluding carboxylic acids is 1. The first-order chi connectivity index (χ1) is 6.16. The number of rotatable bonds is 2. The van der Waals surface area contributed by atoms with Crippen molar-refractivity contribution in [3.05, 3.63) is 29.8 Å². The Morgan fingerprint density at radius 1 is 1.46 bits per heavy atom. The van der Waals surface area contributed by atoms with E-state index < -0.39 is 0 Å². The number of para-hydroxylation sites is 1. The Labute approximate surface area is 77.6 Å². The summed E-state index contributed by atoms with van der Waals surface area (Å²) in [6.07, 6.45) is 0. The van der Waals surface area contributed by atoms with E-state index in [2.05, 4.69) is 0 Å². The van der Waals surface area contributed by atoms with E-state index in [0.717, 1.165) is 11.3 Å². The monoisotopic (exact) mass is 179 g/mol. The van der Waals surface area contributed by atoms with Gasteiger partial charge in [0.2, 0.25) is 5.91 Å². The smallest absolute Gasteiger partial charge is 0.223 e. The molecule has 0 saturated heterocycles. The molecule has 0 atom stereocenters. The number of aliphatic hydroxyl groups is 1. The van der Waals surface area contributed by atoms with E-state index in [-0.39, 0.29) is 12.5 Å². The molecule has 0 saturated carbocycles. The van der Waals surface area contributed by atoms with Crippen LogP contribution in [0.25, 0.3) is 0 Å². The van der Waals surface area contributed by atoms with Crippen molar-refractivity contribution in [2.75, 3.05) is 11.9 Å². The highest BCUT2D eigenvalue weighted by atomic mass is 16.3. The Kier molecular flexibility index (Phi) is 3.03. The van der Waals surface area contributed by atoms with Gasteiger partial charge in [0, 0.05) is 25.2 Å². The maximum atomic E-state index is 11.1.